The molecule has 0 aliphatic carbocycles. The summed E-state index contributed by atoms with van der Waals surface area (Å²) in [5.41, 5.74) is 1.24. The van der Waals surface area contributed by atoms with Crippen LogP contribution in [0.5, 0.6) is 0 Å². The van der Waals surface area contributed by atoms with E-state index in [1.54, 1.807) is 26.2 Å². The maximum atomic E-state index is 13.3. The number of aryl methyl sites for hydroxylation is 1. The molecule has 1 N–H and O–H groups in total. The van der Waals surface area contributed by atoms with Crippen molar-refractivity contribution < 1.29 is 22.5 Å². The number of aromatic nitrogens is 2. The Balaban J connectivity index is 1.73. The molecule has 1 saturated heterocycles. The van der Waals surface area contributed by atoms with Gasteiger partial charge in [-0.1, -0.05) is 11.2 Å². The van der Waals surface area contributed by atoms with Crippen molar-refractivity contribution in [3.63, 3.8) is 0 Å². The van der Waals surface area contributed by atoms with Gasteiger partial charge in [-0.3, -0.25) is 4.79 Å². The van der Waals surface area contributed by atoms with E-state index in [1.807, 2.05) is 0 Å². The van der Waals surface area contributed by atoms with Gasteiger partial charge in [0.05, 0.1) is 11.0 Å². The number of fused-ring (bicyclic) bond motifs is 1. The number of carbonyl (C=O) groups is 1. The number of methoxy groups -OCH3 is 1. The summed E-state index contributed by atoms with van der Waals surface area (Å²) in [6, 6.07) is 4.08. The first kappa shape index (κ1) is 18.1. The fourth-order valence-electron chi connectivity index (χ4n) is 3.56. The predicted octanol–water partition coefficient (Wildman–Crippen LogP) is 0.815. The van der Waals surface area contributed by atoms with Gasteiger partial charge in [-0.2, -0.15) is 9.29 Å². The Morgan fingerprint density at radius 2 is 2.19 bits per heavy atom. The van der Waals surface area contributed by atoms with Gasteiger partial charge >= 0.3 is 0 Å². The quantitative estimate of drug-likeness (QED) is 0.819. The monoisotopic (exact) mass is 392 g/mol. The van der Waals surface area contributed by atoms with Gasteiger partial charge in [-0.15, -0.1) is 0 Å². The third-order valence-corrected chi connectivity index (χ3v) is 6.86. The number of benzene rings is 1. The largest absolute Gasteiger partial charge is 0.380 e. The van der Waals surface area contributed by atoms with E-state index in [2.05, 4.69) is 15.5 Å². The lowest BCUT2D eigenvalue weighted by atomic mass is 10.0. The molecule has 1 amide bonds. The van der Waals surface area contributed by atoms with E-state index in [9.17, 15) is 13.2 Å². The lowest BCUT2D eigenvalue weighted by molar-refractivity contribution is 0.0945. The van der Waals surface area contributed by atoms with Crippen molar-refractivity contribution in [3.8, 4) is 0 Å². The van der Waals surface area contributed by atoms with Gasteiger partial charge in [0.1, 0.15) is 6.04 Å². The molecule has 2 aromatic rings. The van der Waals surface area contributed by atoms with Gasteiger partial charge in [0, 0.05) is 32.2 Å². The molecule has 2 atom stereocenters. The first-order valence-electron chi connectivity index (χ1n) is 8.66. The first-order chi connectivity index (χ1) is 12.9. The first-order valence-corrected chi connectivity index (χ1v) is 10.1. The molecule has 1 aromatic carbocycles. The van der Waals surface area contributed by atoms with Crippen LogP contribution >= 0.6 is 0 Å². The number of nitrogens with zero attached hydrogens (tertiary/aromatic N) is 3. The van der Waals surface area contributed by atoms with E-state index >= 15 is 0 Å². The Morgan fingerprint density at radius 3 is 2.89 bits per heavy atom. The molecule has 9 nitrogen and oxygen atoms in total. The summed E-state index contributed by atoms with van der Waals surface area (Å²) in [6.07, 6.45) is 0.821. The van der Waals surface area contributed by atoms with Crippen molar-refractivity contribution in [2.45, 2.75) is 36.8 Å². The molecule has 1 fully saturated rings. The summed E-state index contributed by atoms with van der Waals surface area (Å²) < 4.78 is 38.6. The highest BCUT2D eigenvalue weighted by Crippen LogP contribution is 2.37. The van der Waals surface area contributed by atoms with Crippen LogP contribution in [0.4, 0.5) is 0 Å². The number of amides is 1. The zero-order valence-corrected chi connectivity index (χ0v) is 15.8. The third-order valence-electron chi connectivity index (χ3n) is 4.99. The summed E-state index contributed by atoms with van der Waals surface area (Å²) in [5.74, 6) is 0.425. The predicted molar refractivity (Wildman–Crippen MR) is 93.6 cm³/mol. The molecule has 2 aliphatic heterocycles. The van der Waals surface area contributed by atoms with Crippen LogP contribution in [0.3, 0.4) is 0 Å². The Hall–Kier alpha value is -2.30. The van der Waals surface area contributed by atoms with Gasteiger partial charge in [-0.05, 0) is 31.0 Å². The topological polar surface area (TPSA) is 115 Å². The number of carbonyl (C=O) groups excluding carboxylic acids is 1. The smallest absolute Gasteiger partial charge is 0.251 e. The summed E-state index contributed by atoms with van der Waals surface area (Å²) in [5, 5.41) is 6.51. The normalized spacial score (nSPS) is 23.3. The fraction of sp³-hybridized carbons (Fsp3) is 0.471. The average molecular weight is 392 g/mol. The molecular formula is C17H20N4O5S. The Labute approximate surface area is 156 Å². The van der Waals surface area contributed by atoms with Crippen molar-refractivity contribution in [1.82, 2.24) is 19.8 Å². The maximum Gasteiger partial charge on any atom is 0.251 e. The number of rotatable bonds is 4. The molecule has 144 valence electrons. The Bertz CT molecular complexity index is 987. The van der Waals surface area contributed by atoms with Gasteiger partial charge in [-0.25, -0.2) is 8.42 Å². The maximum absolute atomic E-state index is 13.3. The van der Waals surface area contributed by atoms with Gasteiger partial charge in [0.25, 0.3) is 5.91 Å². The van der Waals surface area contributed by atoms with Crippen LogP contribution in [0.25, 0.3) is 0 Å². The molecule has 0 bridgehead atoms. The highest BCUT2D eigenvalue weighted by Gasteiger charge is 2.44. The van der Waals surface area contributed by atoms with E-state index < -0.39 is 16.1 Å². The van der Waals surface area contributed by atoms with Crippen molar-refractivity contribution >= 4 is 15.9 Å². The number of nitrogens with one attached hydrogen (secondary N) is 1. The highest BCUT2D eigenvalue weighted by atomic mass is 32.2. The van der Waals surface area contributed by atoms with Crippen molar-refractivity contribution in [1.29, 1.82) is 0 Å². The number of hydrogen-bond donors (Lipinski definition) is 1. The van der Waals surface area contributed by atoms with E-state index in [4.69, 9.17) is 9.26 Å². The minimum absolute atomic E-state index is 0.0660. The standard InChI is InChI=1S/C17H20N4O5S/c1-10-19-17(26-20-10)15-7-12(25-2)9-21(15)27(23,24)13-4-3-11-5-6-18-16(22)14(11)8-13/h3-4,8,12,15H,5-7,9H2,1-2H3,(H,18,22)/t12-,15+/m0/s1. The minimum Gasteiger partial charge on any atom is -0.380 e. The molecule has 27 heavy (non-hydrogen) atoms. The number of sulfonamides is 1. The lowest BCUT2D eigenvalue weighted by Gasteiger charge is -2.23. The second-order valence-electron chi connectivity index (χ2n) is 6.69. The second kappa shape index (κ2) is 6.70. The molecule has 3 heterocycles. The van der Waals surface area contributed by atoms with Crippen LogP contribution in [-0.4, -0.2) is 55.1 Å². The van der Waals surface area contributed by atoms with E-state index in [0.717, 1.165) is 5.56 Å². The summed E-state index contributed by atoms with van der Waals surface area (Å²) in [6.45, 7) is 2.41. The minimum atomic E-state index is -3.88. The van der Waals surface area contributed by atoms with Crippen molar-refractivity contribution in [2.75, 3.05) is 20.2 Å². The van der Waals surface area contributed by atoms with Crippen LogP contribution in [0.1, 0.15) is 40.1 Å². The van der Waals surface area contributed by atoms with Gasteiger partial charge in [0.15, 0.2) is 5.82 Å². The van der Waals surface area contributed by atoms with Gasteiger partial charge in [0.2, 0.25) is 15.9 Å². The molecule has 2 aliphatic rings. The molecule has 1 aromatic heterocycles. The summed E-state index contributed by atoms with van der Waals surface area (Å²) >= 11 is 0. The molecular weight excluding hydrogens is 372 g/mol. The third kappa shape index (κ3) is 3.13. The number of hydrogen-bond acceptors (Lipinski definition) is 7. The van der Waals surface area contributed by atoms with Crippen LogP contribution in [-0.2, 0) is 21.2 Å². The van der Waals surface area contributed by atoms with Crippen LogP contribution in [0.15, 0.2) is 27.6 Å². The van der Waals surface area contributed by atoms with Crippen molar-refractivity contribution in [2.24, 2.45) is 0 Å². The fourth-order valence-corrected chi connectivity index (χ4v) is 5.22. The molecule has 0 spiro atoms. The summed E-state index contributed by atoms with van der Waals surface area (Å²) in [4.78, 5) is 16.4. The zero-order valence-electron chi connectivity index (χ0n) is 15.0. The zero-order chi connectivity index (χ0) is 19.2. The molecule has 0 saturated carbocycles. The van der Waals surface area contributed by atoms with E-state index in [-0.39, 0.29) is 29.3 Å². The summed E-state index contributed by atoms with van der Waals surface area (Å²) in [7, 11) is -2.34. The van der Waals surface area contributed by atoms with Crippen LogP contribution in [0.2, 0.25) is 0 Å². The number of ether oxygens (including phenoxy) is 1. The van der Waals surface area contributed by atoms with Crippen molar-refractivity contribution in [3.05, 3.63) is 41.0 Å². The molecule has 0 radical (unpaired) electrons. The molecule has 10 heteroatoms. The average Bonchev–Trinajstić information content (AvgIpc) is 3.28. The lowest BCUT2D eigenvalue weighted by Crippen LogP contribution is -2.34. The Kier molecular flexibility index (Phi) is 4.49. The van der Waals surface area contributed by atoms with E-state index in [0.29, 0.717) is 30.8 Å². The molecule has 0 unspecified atom stereocenters. The Morgan fingerprint density at radius 1 is 1.37 bits per heavy atom. The second-order valence-corrected chi connectivity index (χ2v) is 8.58. The highest BCUT2D eigenvalue weighted by molar-refractivity contribution is 7.89. The van der Waals surface area contributed by atoms with Crippen LogP contribution in [0, 0.1) is 6.92 Å². The van der Waals surface area contributed by atoms with Crippen LogP contribution < -0.4 is 5.32 Å². The molecule has 4 rings (SSSR count). The van der Waals surface area contributed by atoms with Gasteiger partial charge < -0.3 is 14.6 Å². The van der Waals surface area contributed by atoms with E-state index in [1.165, 1.54) is 10.4 Å². The SMILES string of the molecule is CO[C@H]1C[C@H](c2nc(C)no2)N(S(=O)(=O)c2ccc3c(c2)C(=O)NCC3)C1.